The van der Waals surface area contributed by atoms with Crippen molar-refractivity contribution in [2.45, 2.75) is 40.2 Å². The zero-order chi connectivity index (χ0) is 15.4. The topological polar surface area (TPSA) is 59.2 Å². The molecule has 2 rings (SSSR count). The van der Waals surface area contributed by atoms with E-state index in [0.29, 0.717) is 30.4 Å². The SMILES string of the molecule is CCN(Cc1ccncc1)C(=O)c1nc(C(C)C)oc1C. The number of nitrogens with zero attached hydrogens (tertiary/aromatic N) is 3. The summed E-state index contributed by atoms with van der Waals surface area (Å²) in [5, 5.41) is 0. The Morgan fingerprint density at radius 2 is 2.00 bits per heavy atom. The van der Waals surface area contributed by atoms with Gasteiger partial charge in [-0.1, -0.05) is 13.8 Å². The molecule has 0 saturated heterocycles. The van der Waals surface area contributed by atoms with Crippen LogP contribution in [0.5, 0.6) is 0 Å². The number of aryl methyl sites for hydroxylation is 1. The predicted octanol–water partition coefficient (Wildman–Crippen LogP) is 3.16. The highest BCUT2D eigenvalue weighted by Gasteiger charge is 2.23. The Balaban J connectivity index is 2.20. The summed E-state index contributed by atoms with van der Waals surface area (Å²) >= 11 is 0. The number of aromatic nitrogens is 2. The molecule has 0 N–H and O–H groups in total. The Morgan fingerprint density at radius 3 is 2.52 bits per heavy atom. The van der Waals surface area contributed by atoms with Crippen LogP contribution in [0.4, 0.5) is 0 Å². The fourth-order valence-corrected chi connectivity index (χ4v) is 2.05. The van der Waals surface area contributed by atoms with E-state index in [1.54, 1.807) is 24.2 Å². The molecule has 0 aliphatic rings. The molecular weight excluding hydrogens is 266 g/mol. The van der Waals surface area contributed by atoms with Gasteiger partial charge in [0, 0.05) is 31.4 Å². The second-order valence-electron chi connectivity index (χ2n) is 5.29. The Morgan fingerprint density at radius 1 is 1.33 bits per heavy atom. The standard InChI is InChI=1S/C16H21N3O2/c1-5-19(10-13-6-8-17-9-7-13)16(20)14-12(4)21-15(18-14)11(2)3/h6-9,11H,5,10H2,1-4H3. The maximum atomic E-state index is 12.6. The van der Waals surface area contributed by atoms with Crippen molar-refractivity contribution in [1.29, 1.82) is 0 Å². The number of carbonyl (C=O) groups is 1. The first-order valence-electron chi connectivity index (χ1n) is 7.18. The number of rotatable bonds is 5. The summed E-state index contributed by atoms with van der Waals surface area (Å²) in [7, 11) is 0. The van der Waals surface area contributed by atoms with Crippen molar-refractivity contribution in [3.05, 3.63) is 47.4 Å². The number of hydrogen-bond donors (Lipinski definition) is 0. The Hall–Kier alpha value is -2.17. The number of amides is 1. The highest BCUT2D eigenvalue weighted by atomic mass is 16.4. The van der Waals surface area contributed by atoms with Crippen LogP contribution in [0, 0.1) is 6.92 Å². The largest absolute Gasteiger partial charge is 0.445 e. The van der Waals surface area contributed by atoms with E-state index in [9.17, 15) is 4.79 Å². The van der Waals surface area contributed by atoms with Crippen molar-refractivity contribution in [2.24, 2.45) is 0 Å². The molecule has 0 aliphatic heterocycles. The van der Waals surface area contributed by atoms with Gasteiger partial charge in [0.2, 0.25) is 0 Å². The van der Waals surface area contributed by atoms with Crippen LogP contribution >= 0.6 is 0 Å². The van der Waals surface area contributed by atoms with Crippen LogP contribution in [0.25, 0.3) is 0 Å². The summed E-state index contributed by atoms with van der Waals surface area (Å²) in [5.41, 5.74) is 1.46. The third-order valence-corrected chi connectivity index (χ3v) is 3.30. The molecule has 0 radical (unpaired) electrons. The lowest BCUT2D eigenvalue weighted by Crippen LogP contribution is -2.31. The van der Waals surface area contributed by atoms with Crippen LogP contribution < -0.4 is 0 Å². The minimum Gasteiger partial charge on any atom is -0.445 e. The van der Waals surface area contributed by atoms with Gasteiger partial charge in [-0.05, 0) is 31.5 Å². The van der Waals surface area contributed by atoms with Crippen LogP contribution in [-0.4, -0.2) is 27.3 Å². The van der Waals surface area contributed by atoms with Crippen LogP contribution in [-0.2, 0) is 6.54 Å². The van der Waals surface area contributed by atoms with Gasteiger partial charge < -0.3 is 9.32 Å². The first kappa shape index (κ1) is 15.2. The molecule has 5 nitrogen and oxygen atoms in total. The van der Waals surface area contributed by atoms with E-state index >= 15 is 0 Å². The van der Waals surface area contributed by atoms with Crippen LogP contribution in [0.3, 0.4) is 0 Å². The molecule has 0 aromatic carbocycles. The molecule has 0 unspecified atom stereocenters. The summed E-state index contributed by atoms with van der Waals surface area (Å²) in [4.78, 5) is 22.7. The average molecular weight is 287 g/mol. The normalized spacial score (nSPS) is 10.9. The molecule has 0 bridgehead atoms. The molecule has 0 fully saturated rings. The molecule has 2 aromatic heterocycles. The predicted molar refractivity (Wildman–Crippen MR) is 80.0 cm³/mol. The average Bonchev–Trinajstić information content (AvgIpc) is 2.87. The smallest absolute Gasteiger partial charge is 0.276 e. The van der Waals surface area contributed by atoms with E-state index in [-0.39, 0.29) is 11.8 Å². The number of pyridine rings is 1. The van der Waals surface area contributed by atoms with E-state index in [1.807, 2.05) is 32.9 Å². The molecule has 2 aromatic rings. The summed E-state index contributed by atoms with van der Waals surface area (Å²) in [5.74, 6) is 1.26. The Bertz CT molecular complexity index is 605. The summed E-state index contributed by atoms with van der Waals surface area (Å²) in [6, 6.07) is 3.82. The fraction of sp³-hybridized carbons (Fsp3) is 0.438. The van der Waals surface area contributed by atoms with Crippen molar-refractivity contribution in [3.8, 4) is 0 Å². The van der Waals surface area contributed by atoms with Gasteiger partial charge >= 0.3 is 0 Å². The number of hydrogen-bond acceptors (Lipinski definition) is 4. The van der Waals surface area contributed by atoms with Gasteiger partial charge in [-0.15, -0.1) is 0 Å². The van der Waals surface area contributed by atoms with E-state index in [2.05, 4.69) is 9.97 Å². The van der Waals surface area contributed by atoms with Crippen molar-refractivity contribution >= 4 is 5.91 Å². The maximum absolute atomic E-state index is 12.6. The van der Waals surface area contributed by atoms with E-state index in [1.165, 1.54) is 0 Å². The summed E-state index contributed by atoms with van der Waals surface area (Å²) in [6.45, 7) is 8.89. The second-order valence-corrected chi connectivity index (χ2v) is 5.29. The highest BCUT2D eigenvalue weighted by molar-refractivity contribution is 5.93. The van der Waals surface area contributed by atoms with Gasteiger partial charge in [0.25, 0.3) is 5.91 Å². The molecule has 1 amide bonds. The molecule has 0 atom stereocenters. The van der Waals surface area contributed by atoms with Gasteiger partial charge in [-0.3, -0.25) is 9.78 Å². The van der Waals surface area contributed by atoms with Crippen LogP contribution in [0.1, 0.15) is 54.4 Å². The highest BCUT2D eigenvalue weighted by Crippen LogP contribution is 2.19. The van der Waals surface area contributed by atoms with E-state index in [4.69, 9.17) is 4.42 Å². The summed E-state index contributed by atoms with van der Waals surface area (Å²) < 4.78 is 5.57. The van der Waals surface area contributed by atoms with Crippen molar-refractivity contribution < 1.29 is 9.21 Å². The lowest BCUT2D eigenvalue weighted by molar-refractivity contribution is 0.0745. The fourth-order valence-electron chi connectivity index (χ4n) is 2.05. The minimum atomic E-state index is -0.0949. The summed E-state index contributed by atoms with van der Waals surface area (Å²) in [6.07, 6.45) is 3.46. The van der Waals surface area contributed by atoms with Crippen molar-refractivity contribution in [1.82, 2.24) is 14.9 Å². The van der Waals surface area contributed by atoms with E-state index in [0.717, 1.165) is 5.56 Å². The van der Waals surface area contributed by atoms with Crippen molar-refractivity contribution in [2.75, 3.05) is 6.54 Å². The first-order valence-corrected chi connectivity index (χ1v) is 7.18. The quantitative estimate of drug-likeness (QED) is 0.847. The number of carbonyl (C=O) groups excluding carboxylic acids is 1. The molecule has 0 aliphatic carbocycles. The van der Waals surface area contributed by atoms with Crippen molar-refractivity contribution in [3.63, 3.8) is 0 Å². The second kappa shape index (κ2) is 6.52. The zero-order valence-electron chi connectivity index (χ0n) is 13.0. The van der Waals surface area contributed by atoms with Gasteiger partial charge in [0.15, 0.2) is 11.6 Å². The van der Waals surface area contributed by atoms with Gasteiger partial charge in [0.1, 0.15) is 5.76 Å². The monoisotopic (exact) mass is 287 g/mol. The molecule has 5 heteroatoms. The maximum Gasteiger partial charge on any atom is 0.276 e. The van der Waals surface area contributed by atoms with E-state index < -0.39 is 0 Å². The molecule has 21 heavy (non-hydrogen) atoms. The lowest BCUT2D eigenvalue weighted by atomic mass is 10.2. The minimum absolute atomic E-state index is 0.0949. The molecular formula is C16H21N3O2. The number of oxazole rings is 1. The first-order chi connectivity index (χ1) is 10.0. The van der Waals surface area contributed by atoms with Crippen LogP contribution in [0.15, 0.2) is 28.9 Å². The van der Waals surface area contributed by atoms with Gasteiger partial charge in [-0.25, -0.2) is 4.98 Å². The third kappa shape index (κ3) is 3.48. The Labute approximate surface area is 125 Å². The lowest BCUT2D eigenvalue weighted by Gasteiger charge is -2.19. The Kier molecular flexibility index (Phi) is 4.73. The molecule has 0 saturated carbocycles. The molecule has 0 spiro atoms. The molecule has 2 heterocycles. The van der Waals surface area contributed by atoms with Gasteiger partial charge in [0.05, 0.1) is 0 Å². The molecule has 112 valence electrons. The van der Waals surface area contributed by atoms with Crippen LogP contribution in [0.2, 0.25) is 0 Å². The van der Waals surface area contributed by atoms with Gasteiger partial charge in [-0.2, -0.15) is 0 Å². The third-order valence-electron chi connectivity index (χ3n) is 3.30. The zero-order valence-corrected chi connectivity index (χ0v) is 13.0.